The lowest BCUT2D eigenvalue weighted by Crippen LogP contribution is -2.32. The zero-order chi connectivity index (χ0) is 22.1. The Labute approximate surface area is 180 Å². The van der Waals surface area contributed by atoms with E-state index in [1.165, 1.54) is 10.6 Å². The van der Waals surface area contributed by atoms with Gasteiger partial charge in [0, 0.05) is 38.8 Å². The summed E-state index contributed by atoms with van der Waals surface area (Å²) in [5, 5.41) is 2.93. The zero-order valence-corrected chi connectivity index (χ0v) is 19.2. The first kappa shape index (κ1) is 23.7. The standard InChI is InChI=1S/C23H33N3O3S/c1-19-16-20(2)18-22(17-19)26(30(4,28)29)15-8-12-23(27)24-13-9-14-25(3)21-10-6-5-7-11-21/h5-7,10-11,16-18H,8-9,12-15H2,1-4H3,(H,24,27). The molecule has 6 nitrogen and oxygen atoms in total. The number of amides is 1. The first-order valence-electron chi connectivity index (χ1n) is 10.3. The Bertz CT molecular complexity index is 910. The van der Waals surface area contributed by atoms with E-state index in [4.69, 9.17) is 0 Å². The molecule has 0 aliphatic carbocycles. The van der Waals surface area contributed by atoms with Crippen molar-refractivity contribution >= 4 is 27.3 Å². The van der Waals surface area contributed by atoms with Gasteiger partial charge in [0.1, 0.15) is 0 Å². The minimum Gasteiger partial charge on any atom is -0.375 e. The molecule has 0 aliphatic rings. The maximum atomic E-state index is 12.2. The number of carbonyl (C=O) groups is 1. The summed E-state index contributed by atoms with van der Waals surface area (Å²) in [7, 11) is -1.38. The Morgan fingerprint density at radius 2 is 1.57 bits per heavy atom. The summed E-state index contributed by atoms with van der Waals surface area (Å²) < 4.78 is 25.9. The van der Waals surface area contributed by atoms with Crippen LogP contribution in [0.1, 0.15) is 30.4 Å². The number of aryl methyl sites for hydroxylation is 2. The van der Waals surface area contributed by atoms with E-state index in [-0.39, 0.29) is 12.5 Å². The quantitative estimate of drug-likeness (QED) is 0.553. The monoisotopic (exact) mass is 431 g/mol. The molecule has 2 aromatic carbocycles. The van der Waals surface area contributed by atoms with Gasteiger partial charge in [-0.2, -0.15) is 0 Å². The molecular weight excluding hydrogens is 398 g/mol. The van der Waals surface area contributed by atoms with Crippen molar-refractivity contribution in [2.24, 2.45) is 0 Å². The van der Waals surface area contributed by atoms with Gasteiger partial charge in [0.15, 0.2) is 0 Å². The average Bonchev–Trinajstić information content (AvgIpc) is 2.67. The summed E-state index contributed by atoms with van der Waals surface area (Å²) in [5.41, 5.74) is 3.82. The number of sulfonamides is 1. The normalized spacial score (nSPS) is 11.2. The summed E-state index contributed by atoms with van der Waals surface area (Å²) in [4.78, 5) is 14.3. The highest BCUT2D eigenvalue weighted by molar-refractivity contribution is 7.92. The van der Waals surface area contributed by atoms with E-state index in [0.29, 0.717) is 25.1 Å². The van der Waals surface area contributed by atoms with Gasteiger partial charge in [0.05, 0.1) is 11.9 Å². The van der Waals surface area contributed by atoms with Crippen LogP contribution in [0, 0.1) is 13.8 Å². The van der Waals surface area contributed by atoms with Crippen LogP contribution in [0.3, 0.4) is 0 Å². The van der Waals surface area contributed by atoms with Crippen LogP contribution in [0.15, 0.2) is 48.5 Å². The van der Waals surface area contributed by atoms with Crippen LogP contribution in [0.5, 0.6) is 0 Å². The Balaban J connectivity index is 1.76. The molecule has 1 N–H and O–H groups in total. The Morgan fingerprint density at radius 1 is 0.933 bits per heavy atom. The van der Waals surface area contributed by atoms with Gasteiger partial charge in [0.2, 0.25) is 15.9 Å². The Morgan fingerprint density at radius 3 is 2.17 bits per heavy atom. The Kier molecular flexibility index (Phi) is 8.72. The third kappa shape index (κ3) is 7.71. The third-order valence-electron chi connectivity index (χ3n) is 4.85. The van der Waals surface area contributed by atoms with E-state index in [9.17, 15) is 13.2 Å². The van der Waals surface area contributed by atoms with Crippen molar-refractivity contribution in [3.8, 4) is 0 Å². The number of carbonyl (C=O) groups excluding carboxylic acids is 1. The van der Waals surface area contributed by atoms with Crippen molar-refractivity contribution in [2.75, 3.05) is 42.1 Å². The molecule has 7 heteroatoms. The SMILES string of the molecule is Cc1cc(C)cc(N(CCCC(=O)NCCCN(C)c2ccccc2)S(C)(=O)=O)c1. The Hall–Kier alpha value is -2.54. The molecule has 0 atom stereocenters. The molecule has 0 heterocycles. The fourth-order valence-corrected chi connectivity index (χ4v) is 4.36. The van der Waals surface area contributed by atoms with Gasteiger partial charge in [-0.3, -0.25) is 9.10 Å². The van der Waals surface area contributed by atoms with Gasteiger partial charge in [-0.15, -0.1) is 0 Å². The van der Waals surface area contributed by atoms with E-state index in [1.807, 2.05) is 57.3 Å². The van der Waals surface area contributed by atoms with Crippen LogP contribution >= 0.6 is 0 Å². The summed E-state index contributed by atoms with van der Waals surface area (Å²) >= 11 is 0. The molecule has 0 saturated heterocycles. The van der Waals surface area contributed by atoms with E-state index >= 15 is 0 Å². The van der Waals surface area contributed by atoms with Gasteiger partial charge in [-0.25, -0.2) is 8.42 Å². The van der Waals surface area contributed by atoms with E-state index in [2.05, 4.69) is 22.3 Å². The van der Waals surface area contributed by atoms with Crippen LogP contribution < -0.4 is 14.5 Å². The number of rotatable bonds is 11. The number of nitrogens with one attached hydrogen (secondary N) is 1. The smallest absolute Gasteiger partial charge is 0.232 e. The van der Waals surface area contributed by atoms with Crippen LogP contribution in [0.2, 0.25) is 0 Å². The molecule has 0 radical (unpaired) electrons. The number of anilines is 2. The second-order valence-electron chi connectivity index (χ2n) is 7.75. The second-order valence-corrected chi connectivity index (χ2v) is 9.65. The molecule has 1 amide bonds. The molecule has 0 fully saturated rings. The fourth-order valence-electron chi connectivity index (χ4n) is 3.41. The van der Waals surface area contributed by atoms with Crippen LogP contribution in [-0.4, -0.2) is 47.3 Å². The summed E-state index contributed by atoms with van der Waals surface area (Å²) in [5.74, 6) is -0.0498. The van der Waals surface area contributed by atoms with Gasteiger partial charge >= 0.3 is 0 Å². The molecule has 0 spiro atoms. The van der Waals surface area contributed by atoms with Crippen molar-refractivity contribution in [3.63, 3.8) is 0 Å². The maximum Gasteiger partial charge on any atom is 0.232 e. The minimum absolute atomic E-state index is 0.0498. The maximum absolute atomic E-state index is 12.2. The number of benzene rings is 2. The van der Waals surface area contributed by atoms with Gasteiger partial charge in [0.25, 0.3) is 0 Å². The fraction of sp³-hybridized carbons (Fsp3) is 0.435. The van der Waals surface area contributed by atoms with E-state index in [0.717, 1.165) is 29.8 Å². The molecule has 0 aromatic heterocycles. The second kappa shape index (κ2) is 11.0. The predicted molar refractivity (Wildman–Crippen MR) is 125 cm³/mol. The molecule has 0 aliphatic heterocycles. The van der Waals surface area contributed by atoms with Crippen molar-refractivity contribution in [1.82, 2.24) is 5.32 Å². The number of para-hydroxylation sites is 1. The molecular formula is C23H33N3O3S. The third-order valence-corrected chi connectivity index (χ3v) is 6.04. The highest BCUT2D eigenvalue weighted by Crippen LogP contribution is 2.21. The first-order chi connectivity index (χ1) is 14.2. The number of hydrogen-bond donors (Lipinski definition) is 1. The summed E-state index contributed by atoms with van der Waals surface area (Å²) in [6, 6.07) is 15.8. The number of hydrogen-bond acceptors (Lipinski definition) is 4. The van der Waals surface area contributed by atoms with E-state index < -0.39 is 10.0 Å². The molecule has 0 saturated carbocycles. The van der Waals surface area contributed by atoms with Gasteiger partial charge in [-0.1, -0.05) is 24.3 Å². The molecule has 0 unspecified atom stereocenters. The summed E-state index contributed by atoms with van der Waals surface area (Å²) in [6.07, 6.45) is 2.81. The molecule has 0 bridgehead atoms. The van der Waals surface area contributed by atoms with E-state index in [1.54, 1.807) is 0 Å². The lowest BCUT2D eigenvalue weighted by atomic mass is 10.1. The summed E-state index contributed by atoms with van der Waals surface area (Å²) in [6.45, 7) is 5.62. The minimum atomic E-state index is -3.41. The van der Waals surface area contributed by atoms with Crippen molar-refractivity contribution < 1.29 is 13.2 Å². The van der Waals surface area contributed by atoms with Crippen molar-refractivity contribution in [1.29, 1.82) is 0 Å². The highest BCUT2D eigenvalue weighted by Gasteiger charge is 2.18. The molecule has 164 valence electrons. The van der Waals surface area contributed by atoms with Crippen LogP contribution in [0.25, 0.3) is 0 Å². The number of nitrogens with zero attached hydrogens (tertiary/aromatic N) is 2. The van der Waals surface area contributed by atoms with Crippen LogP contribution in [-0.2, 0) is 14.8 Å². The van der Waals surface area contributed by atoms with Gasteiger partial charge < -0.3 is 10.2 Å². The predicted octanol–water partition coefficient (Wildman–Crippen LogP) is 3.49. The zero-order valence-electron chi connectivity index (χ0n) is 18.4. The highest BCUT2D eigenvalue weighted by atomic mass is 32.2. The lowest BCUT2D eigenvalue weighted by Gasteiger charge is -2.23. The topological polar surface area (TPSA) is 69.7 Å². The van der Waals surface area contributed by atoms with Crippen LogP contribution in [0.4, 0.5) is 11.4 Å². The van der Waals surface area contributed by atoms with Gasteiger partial charge in [-0.05, 0) is 62.1 Å². The van der Waals surface area contributed by atoms with Crippen molar-refractivity contribution in [3.05, 3.63) is 59.7 Å². The largest absolute Gasteiger partial charge is 0.375 e. The first-order valence-corrected chi connectivity index (χ1v) is 12.1. The average molecular weight is 432 g/mol. The molecule has 2 aromatic rings. The van der Waals surface area contributed by atoms with Crippen molar-refractivity contribution in [2.45, 2.75) is 33.1 Å². The molecule has 2 rings (SSSR count). The lowest BCUT2D eigenvalue weighted by molar-refractivity contribution is -0.121. The molecule has 30 heavy (non-hydrogen) atoms.